The van der Waals surface area contributed by atoms with Crippen molar-refractivity contribution in [2.45, 2.75) is 19.5 Å². The van der Waals surface area contributed by atoms with Gasteiger partial charge in [-0.2, -0.15) is 18.3 Å². The molecule has 4 rings (SSSR count). The molecule has 6 nitrogen and oxygen atoms in total. The molecule has 0 radical (unpaired) electrons. The molecular weight excluding hydrogens is 395 g/mol. The SMILES string of the molecule is CCc1cnn(-c2ccc(-c3cn(-c4cccc(OC)c4)nn3)cc2)c1C(F)(F)F. The molecule has 154 valence electrons. The number of hydrogen-bond donors (Lipinski definition) is 0. The summed E-state index contributed by atoms with van der Waals surface area (Å²) in [5.41, 5.74) is 1.84. The van der Waals surface area contributed by atoms with Crippen LogP contribution in [0.2, 0.25) is 0 Å². The second kappa shape index (κ2) is 7.66. The van der Waals surface area contributed by atoms with Crippen molar-refractivity contribution in [1.82, 2.24) is 24.8 Å². The molecule has 0 aliphatic heterocycles. The quantitative estimate of drug-likeness (QED) is 0.476. The van der Waals surface area contributed by atoms with Crippen LogP contribution < -0.4 is 4.74 Å². The summed E-state index contributed by atoms with van der Waals surface area (Å²) in [5, 5.41) is 12.2. The van der Waals surface area contributed by atoms with Crippen molar-refractivity contribution >= 4 is 0 Å². The van der Waals surface area contributed by atoms with E-state index in [4.69, 9.17) is 4.74 Å². The Bertz CT molecular complexity index is 1160. The molecule has 30 heavy (non-hydrogen) atoms. The fourth-order valence-electron chi connectivity index (χ4n) is 3.19. The maximum atomic E-state index is 13.5. The highest BCUT2D eigenvalue weighted by Gasteiger charge is 2.38. The molecule has 0 saturated carbocycles. The molecule has 0 saturated heterocycles. The van der Waals surface area contributed by atoms with Crippen molar-refractivity contribution < 1.29 is 17.9 Å². The zero-order chi connectivity index (χ0) is 21.3. The first-order valence-electron chi connectivity index (χ1n) is 9.22. The number of aryl methyl sites for hydroxylation is 1. The molecule has 0 bridgehead atoms. The standard InChI is InChI=1S/C21H18F3N5O/c1-3-14-12-25-29(20(14)21(22,23)24)16-9-7-15(8-10-16)19-13-28(27-26-19)17-5-4-6-18(11-17)30-2/h4-13H,3H2,1-2H3. The van der Waals surface area contributed by atoms with E-state index in [0.29, 0.717) is 17.1 Å². The zero-order valence-corrected chi connectivity index (χ0v) is 16.3. The van der Waals surface area contributed by atoms with Crippen LogP contribution in [0.25, 0.3) is 22.6 Å². The smallest absolute Gasteiger partial charge is 0.433 e. The molecule has 0 fully saturated rings. The number of ether oxygens (including phenoxy) is 1. The fraction of sp³-hybridized carbons (Fsp3) is 0.190. The Morgan fingerprint density at radius 2 is 1.80 bits per heavy atom. The number of methoxy groups -OCH3 is 1. The molecule has 9 heteroatoms. The molecule has 0 spiro atoms. The number of nitrogens with zero attached hydrogens (tertiary/aromatic N) is 5. The van der Waals surface area contributed by atoms with E-state index in [2.05, 4.69) is 15.4 Å². The van der Waals surface area contributed by atoms with Crippen LogP contribution in [0.15, 0.2) is 60.9 Å². The fourth-order valence-corrected chi connectivity index (χ4v) is 3.19. The van der Waals surface area contributed by atoms with Crippen LogP contribution in [0.5, 0.6) is 5.75 Å². The zero-order valence-electron chi connectivity index (χ0n) is 16.3. The Morgan fingerprint density at radius 3 is 2.47 bits per heavy atom. The lowest BCUT2D eigenvalue weighted by molar-refractivity contribution is -0.143. The largest absolute Gasteiger partial charge is 0.497 e. The monoisotopic (exact) mass is 413 g/mol. The summed E-state index contributed by atoms with van der Waals surface area (Å²) in [4.78, 5) is 0. The molecule has 0 aliphatic rings. The maximum absolute atomic E-state index is 13.5. The van der Waals surface area contributed by atoms with Gasteiger partial charge in [0, 0.05) is 17.2 Å². The van der Waals surface area contributed by atoms with Crippen molar-refractivity contribution in [3.05, 3.63) is 72.2 Å². The first-order valence-corrected chi connectivity index (χ1v) is 9.22. The number of benzene rings is 2. The van der Waals surface area contributed by atoms with Crippen LogP contribution in [-0.2, 0) is 12.6 Å². The van der Waals surface area contributed by atoms with Gasteiger partial charge in [0.2, 0.25) is 0 Å². The number of rotatable bonds is 5. The van der Waals surface area contributed by atoms with Crippen LogP contribution in [0.3, 0.4) is 0 Å². The summed E-state index contributed by atoms with van der Waals surface area (Å²) in [6.45, 7) is 1.67. The minimum Gasteiger partial charge on any atom is -0.497 e. The number of aromatic nitrogens is 5. The van der Waals surface area contributed by atoms with E-state index >= 15 is 0 Å². The predicted molar refractivity (Wildman–Crippen MR) is 105 cm³/mol. The van der Waals surface area contributed by atoms with Gasteiger partial charge in [-0.05, 0) is 30.7 Å². The first-order chi connectivity index (χ1) is 14.4. The summed E-state index contributed by atoms with van der Waals surface area (Å²) in [6.07, 6.45) is -1.23. The van der Waals surface area contributed by atoms with Crippen LogP contribution in [0, 0.1) is 0 Å². The average Bonchev–Trinajstić information content (AvgIpc) is 3.41. The van der Waals surface area contributed by atoms with Gasteiger partial charge in [0.25, 0.3) is 0 Å². The van der Waals surface area contributed by atoms with Gasteiger partial charge in [-0.25, -0.2) is 9.36 Å². The molecule has 2 aromatic carbocycles. The molecule has 0 N–H and O–H groups in total. The van der Waals surface area contributed by atoms with E-state index in [1.54, 1.807) is 49.2 Å². The van der Waals surface area contributed by atoms with Gasteiger partial charge in [0.05, 0.1) is 30.9 Å². The molecule has 0 atom stereocenters. The summed E-state index contributed by atoms with van der Waals surface area (Å²) in [7, 11) is 1.58. The van der Waals surface area contributed by atoms with E-state index in [-0.39, 0.29) is 12.0 Å². The van der Waals surface area contributed by atoms with Gasteiger partial charge in [0.15, 0.2) is 5.69 Å². The molecule has 0 amide bonds. The van der Waals surface area contributed by atoms with Gasteiger partial charge < -0.3 is 4.74 Å². The molecule has 0 unspecified atom stereocenters. The Balaban J connectivity index is 1.64. The molecular formula is C21H18F3N5O. The lowest BCUT2D eigenvalue weighted by Gasteiger charge is -2.12. The van der Waals surface area contributed by atoms with Gasteiger partial charge in [0.1, 0.15) is 11.4 Å². The summed E-state index contributed by atoms with van der Waals surface area (Å²) in [6, 6.07) is 13.9. The summed E-state index contributed by atoms with van der Waals surface area (Å²) >= 11 is 0. The molecule has 2 heterocycles. The van der Waals surface area contributed by atoms with Crippen molar-refractivity contribution in [2.24, 2.45) is 0 Å². The van der Waals surface area contributed by atoms with Crippen LogP contribution in [0.1, 0.15) is 18.2 Å². The second-order valence-corrected chi connectivity index (χ2v) is 6.58. The van der Waals surface area contributed by atoms with Crippen molar-refractivity contribution in [3.8, 4) is 28.4 Å². The highest BCUT2D eigenvalue weighted by atomic mass is 19.4. The first kappa shape index (κ1) is 19.7. The number of hydrogen-bond acceptors (Lipinski definition) is 4. The predicted octanol–water partition coefficient (Wildman–Crippen LogP) is 4.71. The number of alkyl halides is 3. The third-order valence-electron chi connectivity index (χ3n) is 4.71. The highest BCUT2D eigenvalue weighted by Crippen LogP contribution is 2.34. The minimum atomic E-state index is -4.49. The Morgan fingerprint density at radius 1 is 1.03 bits per heavy atom. The molecule has 4 aromatic rings. The average molecular weight is 413 g/mol. The van der Waals surface area contributed by atoms with Crippen LogP contribution in [-0.4, -0.2) is 31.9 Å². The Kier molecular flexibility index (Phi) is 5.03. The van der Waals surface area contributed by atoms with Crippen LogP contribution in [0.4, 0.5) is 13.2 Å². The van der Waals surface area contributed by atoms with E-state index in [1.165, 1.54) is 6.20 Å². The maximum Gasteiger partial charge on any atom is 0.433 e. The Hall–Kier alpha value is -3.62. The third-order valence-corrected chi connectivity index (χ3v) is 4.71. The van der Waals surface area contributed by atoms with Crippen molar-refractivity contribution in [1.29, 1.82) is 0 Å². The van der Waals surface area contributed by atoms with Gasteiger partial charge in [-0.1, -0.05) is 30.3 Å². The molecule has 2 aromatic heterocycles. The summed E-state index contributed by atoms with van der Waals surface area (Å²) in [5.74, 6) is 0.694. The van der Waals surface area contributed by atoms with Crippen molar-refractivity contribution in [3.63, 3.8) is 0 Å². The topological polar surface area (TPSA) is 57.8 Å². The van der Waals surface area contributed by atoms with E-state index in [1.807, 2.05) is 24.3 Å². The highest BCUT2D eigenvalue weighted by molar-refractivity contribution is 5.60. The number of halogens is 3. The van der Waals surface area contributed by atoms with Crippen LogP contribution >= 0.6 is 0 Å². The van der Waals surface area contributed by atoms with E-state index in [0.717, 1.165) is 15.9 Å². The lowest BCUT2D eigenvalue weighted by atomic mass is 10.1. The summed E-state index contributed by atoms with van der Waals surface area (Å²) < 4.78 is 48.2. The van der Waals surface area contributed by atoms with E-state index in [9.17, 15) is 13.2 Å². The van der Waals surface area contributed by atoms with E-state index < -0.39 is 11.9 Å². The van der Waals surface area contributed by atoms with Gasteiger partial charge in [-0.3, -0.25) is 0 Å². The van der Waals surface area contributed by atoms with Crippen molar-refractivity contribution in [2.75, 3.05) is 7.11 Å². The van der Waals surface area contributed by atoms with Gasteiger partial charge in [-0.15, -0.1) is 5.10 Å². The normalized spacial score (nSPS) is 11.6. The lowest BCUT2D eigenvalue weighted by Crippen LogP contribution is -2.15. The molecule has 0 aliphatic carbocycles. The third kappa shape index (κ3) is 3.66. The Labute approximate surface area is 170 Å². The minimum absolute atomic E-state index is 0.160. The second-order valence-electron chi connectivity index (χ2n) is 6.58. The van der Waals surface area contributed by atoms with Gasteiger partial charge >= 0.3 is 6.18 Å².